The van der Waals surface area contributed by atoms with Crippen molar-refractivity contribution in [1.29, 1.82) is 0 Å². The molecule has 8 heteroatoms. The molecule has 0 fully saturated rings. The fraction of sp³-hybridized carbons (Fsp3) is 0.200. The van der Waals surface area contributed by atoms with Crippen LogP contribution in [0.1, 0.15) is 19.9 Å². The summed E-state index contributed by atoms with van der Waals surface area (Å²) in [7, 11) is 0. The molecule has 0 aliphatic carbocycles. The van der Waals surface area contributed by atoms with Crippen molar-refractivity contribution < 1.29 is 0 Å². The summed E-state index contributed by atoms with van der Waals surface area (Å²) in [5.41, 5.74) is 2.06. The second-order valence-electron chi connectivity index (χ2n) is 5.49. The first-order valence-electron chi connectivity index (χ1n) is 7.09. The highest BCUT2D eigenvalue weighted by Crippen LogP contribution is 2.28. The van der Waals surface area contributed by atoms with Gasteiger partial charge in [0.1, 0.15) is 0 Å². The first kappa shape index (κ1) is 14.4. The van der Waals surface area contributed by atoms with Gasteiger partial charge >= 0.3 is 0 Å². The monoisotopic (exact) mass is 346 g/mol. The second-order valence-corrected chi connectivity index (χ2v) is 6.24. The minimum absolute atomic E-state index is 0.218. The maximum absolute atomic E-state index is 6.23. The molecular formula is C15H12Cl2N6. The van der Waals surface area contributed by atoms with E-state index < -0.39 is 0 Å². The summed E-state index contributed by atoms with van der Waals surface area (Å²) in [6.07, 6.45) is 3.65. The van der Waals surface area contributed by atoms with Crippen molar-refractivity contribution in [3.05, 3.63) is 40.9 Å². The second kappa shape index (κ2) is 5.18. The maximum Gasteiger partial charge on any atom is 0.226 e. The number of aromatic nitrogens is 6. The molecule has 6 nitrogen and oxygen atoms in total. The highest BCUT2D eigenvalue weighted by atomic mass is 35.5. The van der Waals surface area contributed by atoms with Gasteiger partial charge in [-0.2, -0.15) is 9.61 Å². The molecule has 23 heavy (non-hydrogen) atoms. The van der Waals surface area contributed by atoms with Gasteiger partial charge in [-0.25, -0.2) is 9.97 Å². The molecule has 3 heterocycles. The number of hydrogen-bond acceptors (Lipinski definition) is 4. The van der Waals surface area contributed by atoms with Gasteiger partial charge in [0, 0.05) is 17.6 Å². The van der Waals surface area contributed by atoms with Gasteiger partial charge in [0.05, 0.1) is 22.3 Å². The molecule has 3 aromatic heterocycles. The molecule has 4 rings (SSSR count). The molecule has 0 unspecified atom stereocenters. The Labute approximate surface area is 141 Å². The number of halogens is 2. The molecule has 0 bridgehead atoms. The van der Waals surface area contributed by atoms with Crippen molar-refractivity contribution in [2.24, 2.45) is 0 Å². The first-order valence-corrected chi connectivity index (χ1v) is 7.85. The largest absolute Gasteiger partial charge is 0.270 e. The van der Waals surface area contributed by atoms with E-state index >= 15 is 0 Å². The minimum atomic E-state index is 0.218. The Morgan fingerprint density at radius 2 is 1.96 bits per heavy atom. The number of nitrogens with zero attached hydrogens (tertiary/aromatic N) is 6. The van der Waals surface area contributed by atoms with E-state index in [1.165, 1.54) is 4.52 Å². The third-order valence-corrected chi connectivity index (χ3v) is 4.15. The van der Waals surface area contributed by atoms with E-state index in [-0.39, 0.29) is 11.3 Å². The first-order chi connectivity index (χ1) is 11.0. The van der Waals surface area contributed by atoms with Crippen LogP contribution in [-0.2, 0) is 0 Å². The quantitative estimate of drug-likeness (QED) is 0.514. The van der Waals surface area contributed by atoms with Gasteiger partial charge in [0.15, 0.2) is 11.5 Å². The molecule has 0 N–H and O–H groups in total. The summed E-state index contributed by atoms with van der Waals surface area (Å²) in [5, 5.41) is 10.3. The smallest absolute Gasteiger partial charge is 0.226 e. The van der Waals surface area contributed by atoms with Crippen LogP contribution in [-0.4, -0.2) is 29.4 Å². The fourth-order valence-corrected chi connectivity index (χ4v) is 2.84. The number of fused-ring (bicyclic) bond motifs is 3. The van der Waals surface area contributed by atoms with Crippen LogP contribution in [0.15, 0.2) is 30.6 Å². The van der Waals surface area contributed by atoms with Crippen molar-refractivity contribution in [2.45, 2.75) is 19.9 Å². The summed E-state index contributed by atoms with van der Waals surface area (Å²) in [4.78, 5) is 8.92. The van der Waals surface area contributed by atoms with Gasteiger partial charge < -0.3 is 0 Å². The van der Waals surface area contributed by atoms with E-state index in [1.807, 2.05) is 23.0 Å². The Kier molecular flexibility index (Phi) is 3.25. The van der Waals surface area contributed by atoms with Crippen LogP contribution >= 0.6 is 23.2 Å². The van der Waals surface area contributed by atoms with Crippen LogP contribution in [0.5, 0.6) is 0 Å². The molecule has 0 radical (unpaired) electrons. The number of hydrogen-bond donors (Lipinski definition) is 0. The van der Waals surface area contributed by atoms with Crippen molar-refractivity contribution >= 4 is 39.8 Å². The van der Waals surface area contributed by atoms with Crippen LogP contribution in [0.3, 0.4) is 0 Å². The van der Waals surface area contributed by atoms with E-state index in [2.05, 4.69) is 34.0 Å². The summed E-state index contributed by atoms with van der Waals surface area (Å²) < 4.78 is 3.37. The minimum Gasteiger partial charge on any atom is -0.270 e. The lowest BCUT2D eigenvalue weighted by Gasteiger charge is -2.02. The lowest BCUT2D eigenvalue weighted by Crippen LogP contribution is -1.99. The SMILES string of the molecule is CC(C)n1cc(-c2nc3c4cccc(Cl)c4nc(Cl)n3n2)cn1. The van der Waals surface area contributed by atoms with Crippen LogP contribution in [0.25, 0.3) is 27.9 Å². The van der Waals surface area contributed by atoms with Crippen LogP contribution < -0.4 is 0 Å². The molecule has 0 saturated heterocycles. The standard InChI is InChI=1S/C15H12Cl2N6/c1-8(2)22-7-9(6-18-22)13-20-14-10-4-3-5-11(16)12(10)19-15(17)23(14)21-13/h3-8H,1-2H3. The lowest BCUT2D eigenvalue weighted by atomic mass is 10.2. The molecule has 4 aromatic rings. The van der Waals surface area contributed by atoms with Crippen molar-refractivity contribution in [3.63, 3.8) is 0 Å². The van der Waals surface area contributed by atoms with Gasteiger partial charge in [-0.15, -0.1) is 5.10 Å². The Morgan fingerprint density at radius 3 is 2.70 bits per heavy atom. The summed E-state index contributed by atoms with van der Waals surface area (Å²) in [6, 6.07) is 5.79. The normalized spacial score (nSPS) is 11.9. The Morgan fingerprint density at radius 1 is 1.13 bits per heavy atom. The zero-order valence-electron chi connectivity index (χ0n) is 12.4. The number of para-hydroxylation sites is 1. The predicted octanol–water partition coefficient (Wildman–Crippen LogP) is 4.03. The van der Waals surface area contributed by atoms with Crippen LogP contribution in [0.4, 0.5) is 0 Å². The molecule has 0 spiro atoms. The van der Waals surface area contributed by atoms with Crippen LogP contribution in [0, 0.1) is 0 Å². The van der Waals surface area contributed by atoms with Gasteiger partial charge in [-0.1, -0.05) is 17.7 Å². The molecule has 0 atom stereocenters. The Balaban J connectivity index is 1.98. The van der Waals surface area contributed by atoms with E-state index in [1.54, 1.807) is 12.3 Å². The molecule has 0 saturated carbocycles. The summed E-state index contributed by atoms with van der Waals surface area (Å²) >= 11 is 12.4. The Bertz CT molecular complexity index is 1030. The van der Waals surface area contributed by atoms with Crippen LogP contribution in [0.2, 0.25) is 10.3 Å². The van der Waals surface area contributed by atoms with E-state index in [9.17, 15) is 0 Å². The zero-order chi connectivity index (χ0) is 16.1. The van der Waals surface area contributed by atoms with E-state index in [4.69, 9.17) is 23.2 Å². The average molecular weight is 347 g/mol. The summed E-state index contributed by atoms with van der Waals surface area (Å²) in [5.74, 6) is 0.549. The number of rotatable bonds is 2. The predicted molar refractivity (Wildman–Crippen MR) is 89.9 cm³/mol. The third-order valence-electron chi connectivity index (χ3n) is 3.60. The van der Waals surface area contributed by atoms with E-state index in [0.29, 0.717) is 22.0 Å². The van der Waals surface area contributed by atoms with E-state index in [0.717, 1.165) is 10.9 Å². The van der Waals surface area contributed by atoms with Gasteiger partial charge in [-0.05, 0) is 37.6 Å². The van der Waals surface area contributed by atoms with Crippen molar-refractivity contribution in [1.82, 2.24) is 29.4 Å². The zero-order valence-corrected chi connectivity index (χ0v) is 13.9. The molecule has 0 amide bonds. The molecule has 0 aliphatic heterocycles. The van der Waals surface area contributed by atoms with Crippen molar-refractivity contribution in [3.8, 4) is 11.4 Å². The molecule has 0 aliphatic rings. The van der Waals surface area contributed by atoms with Crippen molar-refractivity contribution in [2.75, 3.05) is 0 Å². The highest BCUT2D eigenvalue weighted by molar-refractivity contribution is 6.36. The maximum atomic E-state index is 6.23. The molecular weight excluding hydrogens is 335 g/mol. The lowest BCUT2D eigenvalue weighted by molar-refractivity contribution is 0.532. The third kappa shape index (κ3) is 2.26. The molecule has 116 valence electrons. The van der Waals surface area contributed by atoms with Gasteiger partial charge in [0.2, 0.25) is 5.28 Å². The highest BCUT2D eigenvalue weighted by Gasteiger charge is 2.16. The average Bonchev–Trinajstić information content (AvgIpc) is 3.15. The molecule has 1 aromatic carbocycles. The number of benzene rings is 1. The summed E-state index contributed by atoms with van der Waals surface area (Å²) in [6.45, 7) is 4.12. The Hall–Kier alpha value is -2.18. The van der Waals surface area contributed by atoms with Gasteiger partial charge in [0.25, 0.3) is 0 Å². The topological polar surface area (TPSA) is 60.9 Å². The van der Waals surface area contributed by atoms with Gasteiger partial charge in [-0.3, -0.25) is 4.68 Å². The fourth-order valence-electron chi connectivity index (χ4n) is 2.42.